The molecule has 7 heteroatoms. The molecule has 0 amide bonds. The standard InChI is InChI=1S/C12H16O7/c1-8(2)11(14)18-6-5-16-7-10(13)19-9-3-4-17-12(9)15/h9H,1,3-7H2,2H3. The van der Waals surface area contributed by atoms with E-state index in [-0.39, 0.29) is 26.4 Å². The molecule has 1 aliphatic rings. The van der Waals surface area contributed by atoms with Gasteiger partial charge in [-0.2, -0.15) is 0 Å². The second kappa shape index (κ2) is 7.52. The second-order valence-corrected chi connectivity index (χ2v) is 3.90. The third kappa shape index (κ3) is 5.52. The first-order valence-electron chi connectivity index (χ1n) is 5.77. The van der Waals surface area contributed by atoms with Crippen LogP contribution in [0.3, 0.4) is 0 Å². The van der Waals surface area contributed by atoms with Crippen LogP contribution in [0.25, 0.3) is 0 Å². The van der Waals surface area contributed by atoms with Crippen LogP contribution in [-0.2, 0) is 33.3 Å². The van der Waals surface area contributed by atoms with Crippen molar-refractivity contribution in [3.8, 4) is 0 Å². The molecule has 0 radical (unpaired) electrons. The van der Waals surface area contributed by atoms with Gasteiger partial charge in [0.15, 0.2) is 0 Å². The molecule has 0 spiro atoms. The van der Waals surface area contributed by atoms with Crippen LogP contribution in [0.5, 0.6) is 0 Å². The first-order valence-corrected chi connectivity index (χ1v) is 5.77. The number of ether oxygens (including phenoxy) is 4. The van der Waals surface area contributed by atoms with Crippen molar-refractivity contribution in [2.45, 2.75) is 19.4 Å². The fraction of sp³-hybridized carbons (Fsp3) is 0.583. The second-order valence-electron chi connectivity index (χ2n) is 3.90. The molecule has 0 aliphatic carbocycles. The summed E-state index contributed by atoms with van der Waals surface area (Å²) < 4.78 is 19.1. The van der Waals surface area contributed by atoms with E-state index >= 15 is 0 Å². The Balaban J connectivity index is 2.06. The quantitative estimate of drug-likeness (QED) is 0.278. The summed E-state index contributed by atoms with van der Waals surface area (Å²) in [5.74, 6) is -1.71. The Morgan fingerprint density at radius 1 is 1.42 bits per heavy atom. The van der Waals surface area contributed by atoms with Gasteiger partial charge in [0.1, 0.15) is 13.2 Å². The minimum atomic E-state index is -0.836. The van der Waals surface area contributed by atoms with Crippen molar-refractivity contribution in [1.29, 1.82) is 0 Å². The molecule has 1 atom stereocenters. The van der Waals surface area contributed by atoms with Gasteiger partial charge in [0.05, 0.1) is 13.2 Å². The average molecular weight is 272 g/mol. The van der Waals surface area contributed by atoms with Gasteiger partial charge in [-0.1, -0.05) is 6.58 Å². The fourth-order valence-electron chi connectivity index (χ4n) is 1.25. The molecule has 1 aliphatic heterocycles. The molecule has 1 fully saturated rings. The van der Waals surface area contributed by atoms with Crippen LogP contribution in [-0.4, -0.2) is 50.4 Å². The number of hydrogen-bond donors (Lipinski definition) is 0. The van der Waals surface area contributed by atoms with Gasteiger partial charge < -0.3 is 18.9 Å². The molecule has 1 heterocycles. The van der Waals surface area contributed by atoms with Gasteiger partial charge in [-0.3, -0.25) is 0 Å². The molecule has 0 aromatic rings. The lowest BCUT2D eigenvalue weighted by Gasteiger charge is -2.09. The Hall–Kier alpha value is -1.89. The molecule has 1 unspecified atom stereocenters. The van der Waals surface area contributed by atoms with E-state index in [0.29, 0.717) is 12.0 Å². The first-order chi connectivity index (χ1) is 9.00. The van der Waals surface area contributed by atoms with E-state index in [1.54, 1.807) is 0 Å². The molecular formula is C12H16O7. The molecule has 0 N–H and O–H groups in total. The summed E-state index contributed by atoms with van der Waals surface area (Å²) in [5, 5.41) is 0. The lowest BCUT2D eigenvalue weighted by atomic mass is 10.3. The molecule has 7 nitrogen and oxygen atoms in total. The number of carbonyl (C=O) groups is 3. The number of rotatable bonds is 7. The van der Waals surface area contributed by atoms with E-state index in [2.05, 4.69) is 11.3 Å². The lowest BCUT2D eigenvalue weighted by Crippen LogP contribution is -2.25. The topological polar surface area (TPSA) is 88.1 Å². The highest BCUT2D eigenvalue weighted by Crippen LogP contribution is 2.10. The summed E-state index contributed by atoms with van der Waals surface area (Å²) in [6.07, 6.45) is -0.474. The fourth-order valence-corrected chi connectivity index (χ4v) is 1.25. The van der Waals surface area contributed by atoms with E-state index < -0.39 is 24.0 Å². The Labute approximate surface area is 110 Å². The maximum atomic E-state index is 11.3. The van der Waals surface area contributed by atoms with Crippen molar-refractivity contribution in [3.63, 3.8) is 0 Å². The predicted molar refractivity (Wildman–Crippen MR) is 62.0 cm³/mol. The van der Waals surface area contributed by atoms with E-state index in [9.17, 15) is 14.4 Å². The van der Waals surface area contributed by atoms with Crippen LogP contribution in [0.4, 0.5) is 0 Å². The molecule has 0 saturated carbocycles. The Kier molecular flexibility index (Phi) is 6.01. The number of carbonyl (C=O) groups excluding carboxylic acids is 3. The van der Waals surface area contributed by atoms with Crippen molar-refractivity contribution in [2.75, 3.05) is 26.4 Å². The summed E-state index contributed by atoms with van der Waals surface area (Å²) in [6, 6.07) is 0. The van der Waals surface area contributed by atoms with Gasteiger partial charge in [0.2, 0.25) is 6.10 Å². The summed E-state index contributed by atoms with van der Waals surface area (Å²) in [7, 11) is 0. The lowest BCUT2D eigenvalue weighted by molar-refractivity contribution is -0.163. The van der Waals surface area contributed by atoms with Crippen LogP contribution < -0.4 is 0 Å². The molecule has 0 aromatic carbocycles. The average Bonchev–Trinajstić information content (AvgIpc) is 2.74. The van der Waals surface area contributed by atoms with Crippen molar-refractivity contribution in [1.82, 2.24) is 0 Å². The minimum absolute atomic E-state index is 0.0183. The van der Waals surface area contributed by atoms with Crippen LogP contribution in [0.1, 0.15) is 13.3 Å². The largest absolute Gasteiger partial charge is 0.463 e. The Morgan fingerprint density at radius 3 is 2.74 bits per heavy atom. The highest BCUT2D eigenvalue weighted by molar-refractivity contribution is 5.86. The molecular weight excluding hydrogens is 256 g/mol. The monoisotopic (exact) mass is 272 g/mol. The van der Waals surface area contributed by atoms with Crippen LogP contribution in [0, 0.1) is 0 Å². The maximum Gasteiger partial charge on any atom is 0.347 e. The Morgan fingerprint density at radius 2 is 2.16 bits per heavy atom. The zero-order chi connectivity index (χ0) is 14.3. The smallest absolute Gasteiger partial charge is 0.347 e. The van der Waals surface area contributed by atoms with E-state index in [1.807, 2.05) is 0 Å². The molecule has 1 saturated heterocycles. The predicted octanol–water partition coefficient (Wildman–Crippen LogP) is -0.0190. The highest BCUT2D eigenvalue weighted by Gasteiger charge is 2.29. The van der Waals surface area contributed by atoms with Crippen molar-refractivity contribution in [2.24, 2.45) is 0 Å². The van der Waals surface area contributed by atoms with Gasteiger partial charge in [0.25, 0.3) is 0 Å². The third-order valence-electron chi connectivity index (χ3n) is 2.19. The van der Waals surface area contributed by atoms with Gasteiger partial charge >= 0.3 is 17.9 Å². The molecule has 0 aromatic heterocycles. The zero-order valence-corrected chi connectivity index (χ0v) is 10.7. The van der Waals surface area contributed by atoms with Crippen LogP contribution >= 0.6 is 0 Å². The van der Waals surface area contributed by atoms with Crippen molar-refractivity contribution < 1.29 is 33.3 Å². The molecule has 1 rings (SSSR count). The summed E-state index contributed by atoms with van der Waals surface area (Å²) in [6.45, 7) is 4.97. The zero-order valence-electron chi connectivity index (χ0n) is 10.7. The van der Waals surface area contributed by atoms with Crippen LogP contribution in [0.2, 0.25) is 0 Å². The van der Waals surface area contributed by atoms with Gasteiger partial charge in [-0.15, -0.1) is 0 Å². The third-order valence-corrected chi connectivity index (χ3v) is 2.19. The summed E-state index contributed by atoms with van der Waals surface area (Å²) in [5.41, 5.74) is 0.291. The van der Waals surface area contributed by atoms with Gasteiger partial charge in [0, 0.05) is 12.0 Å². The first kappa shape index (κ1) is 15.2. The molecule has 19 heavy (non-hydrogen) atoms. The van der Waals surface area contributed by atoms with E-state index in [4.69, 9.17) is 14.2 Å². The highest BCUT2D eigenvalue weighted by atomic mass is 16.6. The van der Waals surface area contributed by atoms with Gasteiger partial charge in [-0.25, -0.2) is 14.4 Å². The van der Waals surface area contributed by atoms with Gasteiger partial charge in [-0.05, 0) is 6.92 Å². The maximum absolute atomic E-state index is 11.3. The SMILES string of the molecule is C=C(C)C(=O)OCCOCC(=O)OC1CCOC1=O. The Bertz CT molecular complexity index is 374. The van der Waals surface area contributed by atoms with E-state index in [0.717, 1.165) is 0 Å². The van der Waals surface area contributed by atoms with Crippen molar-refractivity contribution in [3.05, 3.63) is 12.2 Å². The molecule has 106 valence electrons. The molecule has 0 bridgehead atoms. The number of esters is 3. The number of hydrogen-bond acceptors (Lipinski definition) is 7. The van der Waals surface area contributed by atoms with E-state index in [1.165, 1.54) is 6.92 Å². The normalized spacial score (nSPS) is 17.7. The summed E-state index contributed by atoms with van der Waals surface area (Å²) >= 11 is 0. The number of cyclic esters (lactones) is 1. The summed E-state index contributed by atoms with van der Waals surface area (Å²) in [4.78, 5) is 33.3. The van der Waals surface area contributed by atoms with Crippen LogP contribution in [0.15, 0.2) is 12.2 Å². The minimum Gasteiger partial charge on any atom is -0.463 e. The van der Waals surface area contributed by atoms with Crippen molar-refractivity contribution >= 4 is 17.9 Å².